The van der Waals surface area contributed by atoms with Crippen LogP contribution in [0.2, 0.25) is 0 Å². The summed E-state index contributed by atoms with van der Waals surface area (Å²) in [5.74, 6) is 0. The lowest BCUT2D eigenvalue weighted by Gasteiger charge is -2.33. The first-order valence-corrected chi connectivity index (χ1v) is 12.1. The quantitative estimate of drug-likeness (QED) is 0.269. The van der Waals surface area contributed by atoms with Crippen LogP contribution in [0.3, 0.4) is 0 Å². The minimum absolute atomic E-state index is 0.557. The molecule has 0 spiro atoms. The smallest absolute Gasteiger partial charge is 0.101 e. The van der Waals surface area contributed by atoms with Gasteiger partial charge in [-0.15, -0.1) is 0 Å². The summed E-state index contributed by atoms with van der Waals surface area (Å²) in [7, 11) is 0. The lowest BCUT2D eigenvalue weighted by Crippen LogP contribution is -2.38. The molecule has 2 nitrogen and oxygen atoms in total. The molecule has 1 unspecified atom stereocenters. The molecular weight excluding hydrogens is 340 g/mol. The standard InChI is InChI=1S/C26H44N2/c1-3-5-7-8-9-10-11-12-16-20-26-27(21-17-6-4-2)22-23-28(26)24-25-18-14-13-15-19-25/h13-15,18-19,22-23,26H,3-12,16-17,20-21,24H2,1-2H3. The number of hydrogen-bond donors (Lipinski definition) is 0. The molecule has 1 aliphatic heterocycles. The molecule has 2 rings (SSSR count). The van der Waals surface area contributed by atoms with Crippen LogP contribution >= 0.6 is 0 Å². The molecule has 0 aliphatic carbocycles. The van der Waals surface area contributed by atoms with Gasteiger partial charge in [0, 0.05) is 25.5 Å². The van der Waals surface area contributed by atoms with Crippen molar-refractivity contribution in [3.63, 3.8) is 0 Å². The van der Waals surface area contributed by atoms with Gasteiger partial charge in [0.05, 0.1) is 0 Å². The fourth-order valence-electron chi connectivity index (χ4n) is 4.25. The molecule has 0 N–H and O–H groups in total. The predicted octanol–water partition coefficient (Wildman–Crippen LogP) is 7.71. The largest absolute Gasteiger partial charge is 0.356 e. The van der Waals surface area contributed by atoms with Gasteiger partial charge >= 0.3 is 0 Å². The van der Waals surface area contributed by atoms with E-state index in [0.29, 0.717) is 6.17 Å². The SMILES string of the molecule is CCCCCCCCCCCC1N(CCCCC)C=CN1Cc1ccccc1. The van der Waals surface area contributed by atoms with E-state index in [2.05, 4.69) is 66.4 Å². The second kappa shape index (κ2) is 14.5. The Bertz CT molecular complexity index is 510. The van der Waals surface area contributed by atoms with Gasteiger partial charge in [-0.3, -0.25) is 0 Å². The molecule has 0 radical (unpaired) electrons. The summed E-state index contributed by atoms with van der Waals surface area (Å²) in [5, 5.41) is 0. The molecule has 158 valence electrons. The number of benzene rings is 1. The molecule has 1 aromatic carbocycles. The third-order valence-corrected chi connectivity index (χ3v) is 6.01. The topological polar surface area (TPSA) is 6.48 Å². The predicted molar refractivity (Wildman–Crippen MR) is 123 cm³/mol. The van der Waals surface area contributed by atoms with Crippen LogP contribution in [0.5, 0.6) is 0 Å². The van der Waals surface area contributed by atoms with Crippen LogP contribution < -0.4 is 0 Å². The van der Waals surface area contributed by atoms with Crippen molar-refractivity contribution in [2.24, 2.45) is 0 Å². The molecule has 0 saturated carbocycles. The number of rotatable bonds is 16. The molecule has 1 heterocycles. The summed E-state index contributed by atoms with van der Waals surface area (Å²) < 4.78 is 0. The van der Waals surface area contributed by atoms with Crippen LogP contribution in [0.4, 0.5) is 0 Å². The van der Waals surface area contributed by atoms with Gasteiger partial charge < -0.3 is 9.80 Å². The average molecular weight is 385 g/mol. The third-order valence-electron chi connectivity index (χ3n) is 6.01. The summed E-state index contributed by atoms with van der Waals surface area (Å²) in [5.41, 5.74) is 1.42. The van der Waals surface area contributed by atoms with Gasteiger partial charge in [0.2, 0.25) is 0 Å². The maximum Gasteiger partial charge on any atom is 0.101 e. The molecule has 1 aromatic rings. The van der Waals surface area contributed by atoms with Gasteiger partial charge in [-0.05, 0) is 24.8 Å². The maximum absolute atomic E-state index is 2.60. The second-order valence-corrected chi connectivity index (χ2v) is 8.50. The van der Waals surface area contributed by atoms with E-state index in [4.69, 9.17) is 0 Å². The van der Waals surface area contributed by atoms with Crippen molar-refractivity contribution in [3.05, 3.63) is 48.3 Å². The van der Waals surface area contributed by atoms with Crippen LogP contribution in [-0.4, -0.2) is 22.5 Å². The minimum atomic E-state index is 0.557. The Labute approximate surface area is 175 Å². The highest BCUT2D eigenvalue weighted by molar-refractivity contribution is 5.15. The molecule has 28 heavy (non-hydrogen) atoms. The zero-order valence-corrected chi connectivity index (χ0v) is 18.6. The fourth-order valence-corrected chi connectivity index (χ4v) is 4.25. The highest BCUT2D eigenvalue weighted by Crippen LogP contribution is 2.24. The number of hydrogen-bond acceptors (Lipinski definition) is 2. The van der Waals surface area contributed by atoms with Gasteiger partial charge in [0.15, 0.2) is 0 Å². The molecule has 1 aliphatic rings. The van der Waals surface area contributed by atoms with E-state index < -0.39 is 0 Å². The van der Waals surface area contributed by atoms with Crippen molar-refractivity contribution in [2.75, 3.05) is 6.54 Å². The number of nitrogens with zero attached hydrogens (tertiary/aromatic N) is 2. The lowest BCUT2D eigenvalue weighted by atomic mass is 10.1. The minimum Gasteiger partial charge on any atom is -0.356 e. The Balaban J connectivity index is 1.72. The summed E-state index contributed by atoms with van der Waals surface area (Å²) in [6.45, 7) is 6.83. The molecule has 0 fully saturated rings. The second-order valence-electron chi connectivity index (χ2n) is 8.50. The normalized spacial score (nSPS) is 16.3. The van der Waals surface area contributed by atoms with Gasteiger partial charge in [0.25, 0.3) is 0 Å². The molecule has 2 heteroatoms. The molecule has 1 atom stereocenters. The van der Waals surface area contributed by atoms with Gasteiger partial charge in [0.1, 0.15) is 6.17 Å². The first kappa shape index (κ1) is 22.8. The van der Waals surface area contributed by atoms with Crippen LogP contribution in [0, 0.1) is 0 Å². The fraction of sp³-hybridized carbons (Fsp3) is 0.692. The molecule has 0 bridgehead atoms. The lowest BCUT2D eigenvalue weighted by molar-refractivity contribution is 0.132. The maximum atomic E-state index is 2.60. The Morgan fingerprint density at radius 2 is 1.21 bits per heavy atom. The zero-order valence-electron chi connectivity index (χ0n) is 18.6. The van der Waals surface area contributed by atoms with Crippen molar-refractivity contribution in [3.8, 4) is 0 Å². The van der Waals surface area contributed by atoms with E-state index >= 15 is 0 Å². The van der Waals surface area contributed by atoms with E-state index in [1.165, 1.54) is 95.6 Å². The van der Waals surface area contributed by atoms with Gasteiger partial charge in [-0.1, -0.05) is 108 Å². The average Bonchev–Trinajstić information content (AvgIpc) is 3.09. The monoisotopic (exact) mass is 384 g/mol. The van der Waals surface area contributed by atoms with Crippen molar-refractivity contribution >= 4 is 0 Å². The van der Waals surface area contributed by atoms with Crippen molar-refractivity contribution < 1.29 is 0 Å². The van der Waals surface area contributed by atoms with Crippen molar-refractivity contribution in [1.29, 1.82) is 0 Å². The van der Waals surface area contributed by atoms with Crippen LogP contribution in [-0.2, 0) is 6.54 Å². The molecule has 0 amide bonds. The van der Waals surface area contributed by atoms with Gasteiger partial charge in [-0.25, -0.2) is 0 Å². The summed E-state index contributed by atoms with van der Waals surface area (Å²) in [4.78, 5) is 5.16. The molecule has 0 aromatic heterocycles. The van der Waals surface area contributed by atoms with Gasteiger partial charge in [-0.2, -0.15) is 0 Å². The van der Waals surface area contributed by atoms with E-state index in [1.807, 2.05) is 0 Å². The van der Waals surface area contributed by atoms with Crippen LogP contribution in [0.15, 0.2) is 42.7 Å². The van der Waals surface area contributed by atoms with E-state index in [-0.39, 0.29) is 0 Å². The summed E-state index contributed by atoms with van der Waals surface area (Å²) in [6, 6.07) is 10.9. The summed E-state index contributed by atoms with van der Waals surface area (Å²) in [6.07, 6.45) is 23.2. The Morgan fingerprint density at radius 1 is 0.643 bits per heavy atom. The first-order valence-electron chi connectivity index (χ1n) is 12.1. The van der Waals surface area contributed by atoms with Crippen LogP contribution in [0.25, 0.3) is 0 Å². The summed E-state index contributed by atoms with van der Waals surface area (Å²) >= 11 is 0. The Kier molecular flexibility index (Phi) is 11.9. The van der Waals surface area contributed by atoms with E-state index in [0.717, 1.165) is 6.54 Å². The number of unbranched alkanes of at least 4 members (excludes halogenated alkanes) is 10. The van der Waals surface area contributed by atoms with Crippen LogP contribution in [0.1, 0.15) is 103 Å². The highest BCUT2D eigenvalue weighted by atomic mass is 15.4. The first-order chi connectivity index (χ1) is 13.8. The molecular formula is C26H44N2. The highest BCUT2D eigenvalue weighted by Gasteiger charge is 2.25. The Hall–Kier alpha value is -1.44. The Morgan fingerprint density at radius 3 is 1.89 bits per heavy atom. The third kappa shape index (κ3) is 8.71. The molecule has 0 saturated heterocycles. The zero-order chi connectivity index (χ0) is 19.9. The van der Waals surface area contributed by atoms with E-state index in [9.17, 15) is 0 Å². The van der Waals surface area contributed by atoms with E-state index in [1.54, 1.807) is 0 Å². The van der Waals surface area contributed by atoms with Crippen molar-refractivity contribution in [2.45, 2.75) is 110 Å². The van der Waals surface area contributed by atoms with Crippen molar-refractivity contribution in [1.82, 2.24) is 9.80 Å².